The highest BCUT2D eigenvalue weighted by atomic mass is 16.2. The van der Waals surface area contributed by atoms with Gasteiger partial charge in [-0.05, 0) is 13.0 Å². The van der Waals surface area contributed by atoms with Crippen molar-refractivity contribution in [1.29, 1.82) is 0 Å². The first kappa shape index (κ1) is 12.0. The van der Waals surface area contributed by atoms with Crippen molar-refractivity contribution in [1.82, 2.24) is 15.5 Å². The van der Waals surface area contributed by atoms with Gasteiger partial charge in [0, 0.05) is 26.6 Å². The predicted octanol–water partition coefficient (Wildman–Crippen LogP) is -0.667. The normalized spacial score (nSPS) is 20.8. The monoisotopic (exact) mass is 213 g/mol. The summed E-state index contributed by atoms with van der Waals surface area (Å²) >= 11 is 0. The molecule has 0 radical (unpaired) electrons. The fourth-order valence-electron chi connectivity index (χ4n) is 1.76. The average Bonchev–Trinajstić information content (AvgIpc) is 2.58. The fraction of sp³-hybridized carbons (Fsp3) is 0.800. The molecule has 0 spiro atoms. The molecule has 1 aliphatic rings. The largest absolute Gasteiger partial charge is 0.359 e. The van der Waals surface area contributed by atoms with Crippen LogP contribution in [0.1, 0.15) is 19.8 Å². The number of rotatable bonds is 5. The van der Waals surface area contributed by atoms with Crippen molar-refractivity contribution < 1.29 is 9.59 Å². The SMILES string of the molecule is CCNC1CCN(CCC(=O)NC)C1=O. The summed E-state index contributed by atoms with van der Waals surface area (Å²) in [6, 6.07) is -0.0420. The molecule has 5 nitrogen and oxygen atoms in total. The molecule has 1 fully saturated rings. The first-order chi connectivity index (χ1) is 7.19. The molecule has 1 unspecified atom stereocenters. The Morgan fingerprint density at radius 1 is 1.60 bits per heavy atom. The summed E-state index contributed by atoms with van der Waals surface area (Å²) in [5.74, 6) is 0.107. The number of nitrogens with zero attached hydrogens (tertiary/aromatic N) is 1. The highest BCUT2D eigenvalue weighted by Gasteiger charge is 2.30. The summed E-state index contributed by atoms with van der Waals surface area (Å²) < 4.78 is 0. The third kappa shape index (κ3) is 3.20. The molecule has 0 bridgehead atoms. The second-order valence-electron chi connectivity index (χ2n) is 3.65. The second-order valence-corrected chi connectivity index (χ2v) is 3.65. The Kier molecular flexibility index (Phi) is 4.55. The van der Waals surface area contributed by atoms with Gasteiger partial charge in [0.05, 0.1) is 6.04 Å². The van der Waals surface area contributed by atoms with Crippen molar-refractivity contribution in [2.24, 2.45) is 0 Å². The van der Waals surface area contributed by atoms with Crippen LogP contribution in [0, 0.1) is 0 Å². The smallest absolute Gasteiger partial charge is 0.239 e. The lowest BCUT2D eigenvalue weighted by atomic mass is 10.2. The minimum Gasteiger partial charge on any atom is -0.359 e. The van der Waals surface area contributed by atoms with Crippen LogP contribution in [0.5, 0.6) is 0 Å². The predicted molar refractivity (Wildman–Crippen MR) is 57.3 cm³/mol. The molecule has 1 rings (SSSR count). The molecule has 15 heavy (non-hydrogen) atoms. The Bertz CT molecular complexity index is 243. The number of amides is 2. The van der Waals surface area contributed by atoms with Crippen LogP contribution in [0.4, 0.5) is 0 Å². The molecule has 0 aromatic heterocycles. The summed E-state index contributed by atoms with van der Waals surface area (Å²) in [5.41, 5.74) is 0. The zero-order valence-electron chi connectivity index (χ0n) is 9.38. The number of carbonyl (C=O) groups is 2. The first-order valence-corrected chi connectivity index (χ1v) is 5.41. The molecule has 0 aliphatic carbocycles. The molecule has 1 heterocycles. The highest BCUT2D eigenvalue weighted by molar-refractivity contribution is 5.84. The topological polar surface area (TPSA) is 61.4 Å². The van der Waals surface area contributed by atoms with Crippen LogP contribution < -0.4 is 10.6 Å². The van der Waals surface area contributed by atoms with Gasteiger partial charge in [0.15, 0.2) is 0 Å². The van der Waals surface area contributed by atoms with Crippen LogP contribution in [-0.2, 0) is 9.59 Å². The van der Waals surface area contributed by atoms with Crippen LogP contribution >= 0.6 is 0 Å². The van der Waals surface area contributed by atoms with Gasteiger partial charge in [0.1, 0.15) is 0 Å². The number of nitrogens with one attached hydrogen (secondary N) is 2. The number of likely N-dealkylation sites (N-methyl/N-ethyl adjacent to an activating group) is 1. The lowest BCUT2D eigenvalue weighted by molar-refractivity contribution is -0.130. The van der Waals surface area contributed by atoms with E-state index in [-0.39, 0.29) is 17.9 Å². The van der Waals surface area contributed by atoms with Crippen LogP contribution in [0.2, 0.25) is 0 Å². The quantitative estimate of drug-likeness (QED) is 0.637. The molecule has 2 N–H and O–H groups in total. The van der Waals surface area contributed by atoms with Gasteiger partial charge >= 0.3 is 0 Å². The zero-order chi connectivity index (χ0) is 11.3. The molecule has 0 aromatic rings. The van der Waals surface area contributed by atoms with Gasteiger partial charge in [0.25, 0.3) is 0 Å². The van der Waals surface area contributed by atoms with E-state index in [1.54, 1.807) is 11.9 Å². The molecule has 0 aromatic carbocycles. The lowest BCUT2D eigenvalue weighted by Crippen LogP contribution is -2.39. The minimum atomic E-state index is -0.0420. The van der Waals surface area contributed by atoms with Gasteiger partial charge in [-0.25, -0.2) is 0 Å². The van der Waals surface area contributed by atoms with E-state index < -0.39 is 0 Å². The van der Waals surface area contributed by atoms with Crippen LogP contribution in [0.15, 0.2) is 0 Å². The average molecular weight is 213 g/mol. The van der Waals surface area contributed by atoms with Crippen molar-refractivity contribution >= 4 is 11.8 Å². The molecular weight excluding hydrogens is 194 g/mol. The summed E-state index contributed by atoms with van der Waals surface area (Å²) in [6.07, 6.45) is 1.24. The Morgan fingerprint density at radius 3 is 2.93 bits per heavy atom. The van der Waals surface area contributed by atoms with Gasteiger partial charge in [-0.2, -0.15) is 0 Å². The highest BCUT2D eigenvalue weighted by Crippen LogP contribution is 2.11. The maximum absolute atomic E-state index is 11.7. The molecule has 2 amide bonds. The van der Waals surface area contributed by atoms with E-state index in [4.69, 9.17) is 0 Å². The van der Waals surface area contributed by atoms with Gasteiger partial charge in [-0.3, -0.25) is 9.59 Å². The van der Waals surface area contributed by atoms with Crippen molar-refractivity contribution in [3.63, 3.8) is 0 Å². The Labute approximate surface area is 90.2 Å². The third-order valence-electron chi connectivity index (χ3n) is 2.64. The second kappa shape index (κ2) is 5.70. The first-order valence-electron chi connectivity index (χ1n) is 5.41. The number of carbonyl (C=O) groups excluding carboxylic acids is 2. The third-order valence-corrected chi connectivity index (χ3v) is 2.64. The summed E-state index contributed by atoms with van der Waals surface area (Å²) in [6.45, 7) is 4.08. The van der Waals surface area contributed by atoms with Crippen molar-refractivity contribution in [2.75, 3.05) is 26.7 Å². The number of likely N-dealkylation sites (tertiary alicyclic amines) is 1. The van der Waals surface area contributed by atoms with E-state index in [0.29, 0.717) is 13.0 Å². The lowest BCUT2D eigenvalue weighted by Gasteiger charge is -2.16. The van der Waals surface area contributed by atoms with Crippen molar-refractivity contribution in [2.45, 2.75) is 25.8 Å². The standard InChI is InChI=1S/C10H19N3O2/c1-3-12-8-4-6-13(10(8)15)7-5-9(14)11-2/h8,12H,3-7H2,1-2H3,(H,11,14). The van der Waals surface area contributed by atoms with E-state index in [0.717, 1.165) is 19.5 Å². The zero-order valence-corrected chi connectivity index (χ0v) is 9.38. The van der Waals surface area contributed by atoms with E-state index in [9.17, 15) is 9.59 Å². The molecule has 5 heteroatoms. The Balaban J connectivity index is 2.33. The number of hydrogen-bond donors (Lipinski definition) is 2. The van der Waals surface area contributed by atoms with E-state index in [1.165, 1.54) is 0 Å². The van der Waals surface area contributed by atoms with Gasteiger partial charge < -0.3 is 15.5 Å². The van der Waals surface area contributed by atoms with Gasteiger partial charge in [-0.15, -0.1) is 0 Å². The summed E-state index contributed by atoms with van der Waals surface area (Å²) in [7, 11) is 1.61. The molecular formula is C10H19N3O2. The van der Waals surface area contributed by atoms with Gasteiger partial charge in [0.2, 0.25) is 11.8 Å². The van der Waals surface area contributed by atoms with E-state index in [1.807, 2.05) is 6.92 Å². The molecule has 0 saturated carbocycles. The van der Waals surface area contributed by atoms with E-state index in [2.05, 4.69) is 10.6 Å². The van der Waals surface area contributed by atoms with Crippen molar-refractivity contribution in [3.8, 4) is 0 Å². The summed E-state index contributed by atoms with van der Waals surface area (Å²) in [4.78, 5) is 24.5. The van der Waals surface area contributed by atoms with Crippen LogP contribution in [0.3, 0.4) is 0 Å². The summed E-state index contributed by atoms with van der Waals surface area (Å²) in [5, 5.41) is 5.68. The van der Waals surface area contributed by atoms with Crippen LogP contribution in [0.25, 0.3) is 0 Å². The van der Waals surface area contributed by atoms with Crippen LogP contribution in [-0.4, -0.2) is 49.4 Å². The maximum atomic E-state index is 11.7. The molecule has 1 atom stereocenters. The molecule has 86 valence electrons. The fourth-order valence-corrected chi connectivity index (χ4v) is 1.76. The maximum Gasteiger partial charge on any atom is 0.239 e. The number of hydrogen-bond acceptors (Lipinski definition) is 3. The Morgan fingerprint density at radius 2 is 2.33 bits per heavy atom. The minimum absolute atomic E-state index is 0.0188. The Hall–Kier alpha value is -1.10. The molecule has 1 saturated heterocycles. The van der Waals surface area contributed by atoms with Crippen molar-refractivity contribution in [3.05, 3.63) is 0 Å². The van der Waals surface area contributed by atoms with Gasteiger partial charge in [-0.1, -0.05) is 6.92 Å². The van der Waals surface area contributed by atoms with E-state index >= 15 is 0 Å². The molecule has 1 aliphatic heterocycles.